The van der Waals surface area contributed by atoms with Crippen molar-refractivity contribution in [1.82, 2.24) is 19.6 Å². The Morgan fingerprint density at radius 1 is 0.750 bits per heavy atom. The van der Waals surface area contributed by atoms with E-state index in [0.717, 1.165) is 47.1 Å². The number of piperidine rings is 2. The van der Waals surface area contributed by atoms with Crippen molar-refractivity contribution < 1.29 is 4.52 Å². The first-order valence-electron chi connectivity index (χ1n) is 13.0. The summed E-state index contributed by atoms with van der Waals surface area (Å²) >= 11 is 0. The predicted molar refractivity (Wildman–Crippen MR) is 125 cm³/mol. The lowest BCUT2D eigenvalue weighted by atomic mass is 9.68. The third-order valence-corrected chi connectivity index (χ3v) is 9.15. The maximum Gasteiger partial charge on any atom is 0.202 e. The molecule has 1 aromatic carbocycles. The van der Waals surface area contributed by atoms with E-state index in [1.807, 2.05) is 6.07 Å². The van der Waals surface area contributed by atoms with Gasteiger partial charge < -0.3 is 9.09 Å². The Labute approximate surface area is 190 Å². The minimum absolute atomic E-state index is 0.483. The zero-order valence-corrected chi connectivity index (χ0v) is 18.9. The van der Waals surface area contributed by atoms with Gasteiger partial charge in [-0.05, 0) is 68.9 Å². The Bertz CT molecular complexity index is 1060. The number of nitrogens with zero attached hydrogens (tertiary/aromatic N) is 4. The topological polar surface area (TPSA) is 47.1 Å². The van der Waals surface area contributed by atoms with Crippen LogP contribution in [0.5, 0.6) is 0 Å². The quantitative estimate of drug-likeness (QED) is 0.495. The Kier molecular flexibility index (Phi) is 4.67. The highest BCUT2D eigenvalue weighted by Gasteiger charge is 2.45. The summed E-state index contributed by atoms with van der Waals surface area (Å²) in [7, 11) is 0. The van der Waals surface area contributed by atoms with Gasteiger partial charge in [0.05, 0.1) is 17.2 Å². The number of hydrogen-bond donors (Lipinski definition) is 0. The lowest BCUT2D eigenvalue weighted by Gasteiger charge is -2.55. The molecule has 5 heteroatoms. The summed E-state index contributed by atoms with van der Waals surface area (Å²) in [5.74, 6) is 3.74. The smallest absolute Gasteiger partial charge is 0.202 e. The largest absolute Gasteiger partial charge is 0.353 e. The Balaban J connectivity index is 1.23. The number of hydrogen-bond acceptors (Lipinski definition) is 4. The molecule has 0 radical (unpaired) electrons. The molecule has 2 saturated carbocycles. The highest BCUT2D eigenvalue weighted by molar-refractivity contribution is 5.80. The monoisotopic (exact) mass is 430 g/mol. The van der Waals surface area contributed by atoms with Crippen LogP contribution in [-0.4, -0.2) is 37.7 Å². The maximum atomic E-state index is 5.59. The van der Waals surface area contributed by atoms with Crippen LogP contribution in [0.4, 0.5) is 0 Å². The van der Waals surface area contributed by atoms with Crippen LogP contribution in [0.25, 0.3) is 22.6 Å². The number of para-hydroxylation sites is 2. The average Bonchev–Trinajstić information content (AvgIpc) is 3.46. The van der Waals surface area contributed by atoms with Gasteiger partial charge in [-0.25, -0.2) is 4.98 Å². The minimum Gasteiger partial charge on any atom is -0.353 e. The van der Waals surface area contributed by atoms with Gasteiger partial charge in [0.1, 0.15) is 0 Å². The third kappa shape index (κ3) is 3.15. The molecule has 4 bridgehead atoms. The van der Waals surface area contributed by atoms with E-state index in [9.17, 15) is 0 Å². The molecule has 2 aliphatic heterocycles. The van der Waals surface area contributed by atoms with Gasteiger partial charge in [-0.15, -0.1) is 0 Å². The molecule has 7 rings (SSSR count). The highest BCUT2D eigenvalue weighted by atomic mass is 16.5. The molecule has 0 spiro atoms. The first kappa shape index (κ1) is 19.3. The number of rotatable bonds is 3. The van der Waals surface area contributed by atoms with Gasteiger partial charge in [0, 0.05) is 30.2 Å². The fourth-order valence-corrected chi connectivity index (χ4v) is 8.05. The zero-order chi connectivity index (χ0) is 21.1. The van der Waals surface area contributed by atoms with Crippen molar-refractivity contribution >= 4 is 11.0 Å². The normalized spacial score (nSPS) is 35.2. The van der Waals surface area contributed by atoms with Crippen molar-refractivity contribution in [1.29, 1.82) is 0 Å². The van der Waals surface area contributed by atoms with E-state index in [4.69, 9.17) is 9.51 Å². The molecule has 6 atom stereocenters. The van der Waals surface area contributed by atoms with Crippen molar-refractivity contribution in [3.05, 3.63) is 36.5 Å². The van der Waals surface area contributed by atoms with Gasteiger partial charge in [-0.1, -0.05) is 43.0 Å². The van der Waals surface area contributed by atoms with Crippen LogP contribution in [0.3, 0.4) is 0 Å². The van der Waals surface area contributed by atoms with E-state index in [1.54, 1.807) is 6.20 Å². The van der Waals surface area contributed by atoms with Gasteiger partial charge in [-0.3, -0.25) is 4.90 Å². The molecule has 4 fully saturated rings. The van der Waals surface area contributed by atoms with Crippen molar-refractivity contribution in [3.63, 3.8) is 0 Å². The lowest BCUT2D eigenvalue weighted by Crippen LogP contribution is -2.58. The molecule has 168 valence electrons. The lowest BCUT2D eigenvalue weighted by molar-refractivity contribution is -0.0481. The predicted octanol–water partition coefficient (Wildman–Crippen LogP) is 6.22. The van der Waals surface area contributed by atoms with E-state index in [2.05, 4.69) is 38.9 Å². The number of fused-ring (bicyclic) bond motifs is 5. The molecule has 0 unspecified atom stereocenters. The second-order valence-corrected chi connectivity index (χ2v) is 11.0. The number of imidazole rings is 1. The second kappa shape index (κ2) is 7.72. The molecule has 4 heterocycles. The van der Waals surface area contributed by atoms with E-state index in [-0.39, 0.29) is 0 Å². The zero-order valence-electron chi connectivity index (χ0n) is 18.9. The van der Waals surface area contributed by atoms with Crippen LogP contribution in [0.2, 0.25) is 0 Å². The minimum atomic E-state index is 0.483. The van der Waals surface area contributed by atoms with Crippen molar-refractivity contribution in [3.8, 4) is 11.6 Å². The van der Waals surface area contributed by atoms with Gasteiger partial charge in [0.25, 0.3) is 0 Å². The standard InChI is InChI=1S/C27H34N4O/c1-2-10-25-24(9-1)29-27(26-11-12-28-32-26)31(25)23-16-20-7-4-8-21(17-23)30(20)22-14-18-5-3-6-19(13-18)15-22/h1-2,9-12,18-23H,3-8,13-17H2/t18-,19+,20-,21+,22+,23+. The Morgan fingerprint density at radius 2 is 1.50 bits per heavy atom. The van der Waals surface area contributed by atoms with Crippen LogP contribution in [0.15, 0.2) is 41.1 Å². The van der Waals surface area contributed by atoms with Gasteiger partial charge in [0.15, 0.2) is 5.82 Å². The van der Waals surface area contributed by atoms with Crippen molar-refractivity contribution in [2.45, 2.75) is 94.8 Å². The van der Waals surface area contributed by atoms with E-state index in [1.165, 1.54) is 76.1 Å². The van der Waals surface area contributed by atoms with Crippen molar-refractivity contribution in [2.24, 2.45) is 11.8 Å². The van der Waals surface area contributed by atoms with Crippen LogP contribution >= 0.6 is 0 Å². The van der Waals surface area contributed by atoms with Crippen LogP contribution < -0.4 is 0 Å². The van der Waals surface area contributed by atoms with Gasteiger partial charge in [-0.2, -0.15) is 0 Å². The SMILES string of the molecule is c1ccc2c(c1)nc(-c1ccno1)n2[C@H]1C[C@H]2CCC[C@@H](C1)N2[C@H]1C[C@@H]2CCC[C@@H](C2)C1. The molecule has 2 saturated heterocycles. The van der Waals surface area contributed by atoms with E-state index in [0.29, 0.717) is 6.04 Å². The molecule has 32 heavy (non-hydrogen) atoms. The first-order valence-corrected chi connectivity index (χ1v) is 13.0. The summed E-state index contributed by atoms with van der Waals surface area (Å²) in [5, 5.41) is 3.98. The molecule has 5 nitrogen and oxygen atoms in total. The molecule has 0 N–H and O–H groups in total. The fourth-order valence-electron chi connectivity index (χ4n) is 8.05. The van der Waals surface area contributed by atoms with Crippen LogP contribution in [-0.2, 0) is 0 Å². The van der Waals surface area contributed by atoms with Gasteiger partial charge in [0.2, 0.25) is 5.76 Å². The van der Waals surface area contributed by atoms with Crippen LogP contribution in [0, 0.1) is 11.8 Å². The fraction of sp³-hybridized carbons (Fsp3) is 0.630. The Morgan fingerprint density at radius 3 is 2.25 bits per heavy atom. The highest BCUT2D eigenvalue weighted by Crippen LogP contribution is 2.48. The second-order valence-electron chi connectivity index (χ2n) is 11.0. The molecule has 2 aliphatic carbocycles. The summed E-state index contributed by atoms with van der Waals surface area (Å²) in [6.07, 6.45) is 17.2. The number of benzene rings is 1. The number of aromatic nitrogens is 3. The molecule has 3 aromatic rings. The first-order chi connectivity index (χ1) is 15.8. The van der Waals surface area contributed by atoms with E-state index < -0.39 is 0 Å². The molecular formula is C27H34N4O. The van der Waals surface area contributed by atoms with Gasteiger partial charge >= 0.3 is 0 Å². The summed E-state index contributed by atoms with van der Waals surface area (Å²) in [6.45, 7) is 0. The Hall–Kier alpha value is -2.14. The summed E-state index contributed by atoms with van der Waals surface area (Å²) < 4.78 is 8.08. The average molecular weight is 431 g/mol. The molecule has 4 aliphatic rings. The van der Waals surface area contributed by atoms with Crippen molar-refractivity contribution in [2.75, 3.05) is 0 Å². The summed E-state index contributed by atoms with van der Waals surface area (Å²) in [5.41, 5.74) is 2.30. The molecular weight excluding hydrogens is 396 g/mol. The third-order valence-electron chi connectivity index (χ3n) is 9.15. The molecule has 2 aromatic heterocycles. The van der Waals surface area contributed by atoms with E-state index >= 15 is 0 Å². The maximum absolute atomic E-state index is 5.59. The molecule has 0 amide bonds. The summed E-state index contributed by atoms with van der Waals surface area (Å²) in [6, 6.07) is 13.3. The summed E-state index contributed by atoms with van der Waals surface area (Å²) in [4.78, 5) is 8.03. The van der Waals surface area contributed by atoms with Crippen LogP contribution in [0.1, 0.15) is 76.7 Å².